The predicted molar refractivity (Wildman–Crippen MR) is 249 cm³/mol. The van der Waals surface area contributed by atoms with E-state index in [1.807, 2.05) is 81.7 Å². The highest BCUT2D eigenvalue weighted by molar-refractivity contribution is 7.13. The number of aromatic nitrogens is 4. The van der Waals surface area contributed by atoms with E-state index in [4.69, 9.17) is 9.26 Å². The summed E-state index contributed by atoms with van der Waals surface area (Å²) >= 11 is 1.59. The number of hydrogen-bond acceptors (Lipinski definition) is 15. The average molecular weight is 905 g/mol. The van der Waals surface area contributed by atoms with Crippen molar-refractivity contribution in [2.24, 2.45) is 5.92 Å². The van der Waals surface area contributed by atoms with Gasteiger partial charge in [0.2, 0.25) is 11.8 Å². The van der Waals surface area contributed by atoms with E-state index in [0.29, 0.717) is 35.5 Å². The number of aromatic hydroxyl groups is 1. The van der Waals surface area contributed by atoms with E-state index < -0.39 is 18.1 Å². The fourth-order valence-electron chi connectivity index (χ4n) is 10.1. The maximum Gasteiger partial charge on any atom is 0.254 e. The Morgan fingerprint density at radius 3 is 2.54 bits per heavy atom. The molecular weight excluding hydrogens is 845 g/mol. The number of nitrogens with zero attached hydrogens (tertiary/aromatic N) is 8. The molecule has 9 rings (SSSR count). The number of aryl methyl sites for hydroxylation is 1. The van der Waals surface area contributed by atoms with E-state index >= 15 is 0 Å². The quantitative estimate of drug-likeness (QED) is 0.113. The number of benzene rings is 2. The van der Waals surface area contributed by atoms with Crippen LogP contribution in [-0.2, 0) is 9.59 Å². The monoisotopic (exact) mass is 904 g/mol. The number of amides is 2. The lowest BCUT2D eigenvalue weighted by Crippen LogP contribution is -2.63. The first kappa shape index (κ1) is 44.6. The molecule has 4 aliphatic heterocycles. The Morgan fingerprint density at radius 2 is 1.80 bits per heavy atom. The average Bonchev–Trinajstić information content (AvgIpc) is 4.06. The molecule has 16 nitrogen and oxygen atoms in total. The van der Waals surface area contributed by atoms with Gasteiger partial charge in [-0.2, -0.15) is 0 Å². The van der Waals surface area contributed by atoms with E-state index in [-0.39, 0.29) is 54.6 Å². The molecule has 0 aliphatic carbocycles. The SMILES string of the molecule is Cc1ncsc1-c1ccc([C@H](C)NC(=O)[C@@H]2C[C@@H](O)CN2C(=O)[C@@H](c2cc(OCCN3CCC(N4CCN5c6cc(-c7ccccc7O)nnc6NC(C)C5C4)CC3)no2)C(C)C)cc1. The second-order valence-electron chi connectivity index (χ2n) is 18.4. The maximum absolute atomic E-state index is 14.2. The van der Waals surface area contributed by atoms with Crippen LogP contribution in [0.4, 0.5) is 11.5 Å². The number of hydrogen-bond donors (Lipinski definition) is 4. The minimum absolute atomic E-state index is 0.0611. The molecule has 6 atom stereocenters. The summed E-state index contributed by atoms with van der Waals surface area (Å²) in [6.45, 7) is 16.0. The van der Waals surface area contributed by atoms with Crippen LogP contribution in [0.3, 0.4) is 0 Å². The molecule has 2 aromatic carbocycles. The molecule has 0 bridgehead atoms. The smallest absolute Gasteiger partial charge is 0.254 e. The third-order valence-electron chi connectivity index (χ3n) is 13.8. The zero-order valence-electron chi connectivity index (χ0n) is 37.8. The predicted octanol–water partition coefficient (Wildman–Crippen LogP) is 5.70. The van der Waals surface area contributed by atoms with Gasteiger partial charge in [-0.15, -0.1) is 21.5 Å². The molecule has 5 aromatic rings. The van der Waals surface area contributed by atoms with Gasteiger partial charge in [0.15, 0.2) is 11.6 Å². The molecule has 344 valence electrons. The summed E-state index contributed by atoms with van der Waals surface area (Å²) in [5.74, 6) is 0.213. The number of carbonyl (C=O) groups excluding carboxylic acids is 2. The fraction of sp³-hybridized carbons (Fsp3) is 0.500. The number of fused-ring (bicyclic) bond motifs is 3. The van der Waals surface area contributed by atoms with Crippen molar-refractivity contribution in [3.8, 4) is 33.3 Å². The van der Waals surface area contributed by atoms with Gasteiger partial charge in [0.05, 0.1) is 45.7 Å². The van der Waals surface area contributed by atoms with Crippen molar-refractivity contribution in [1.29, 1.82) is 0 Å². The molecule has 4 aliphatic rings. The second-order valence-corrected chi connectivity index (χ2v) is 19.2. The summed E-state index contributed by atoms with van der Waals surface area (Å²) in [6, 6.07) is 18.9. The van der Waals surface area contributed by atoms with E-state index in [2.05, 4.69) is 52.6 Å². The van der Waals surface area contributed by atoms with Gasteiger partial charge < -0.3 is 39.9 Å². The van der Waals surface area contributed by atoms with Crippen LogP contribution >= 0.6 is 11.3 Å². The molecule has 65 heavy (non-hydrogen) atoms. The number of likely N-dealkylation sites (tertiary alicyclic amines) is 2. The number of rotatable bonds is 13. The highest BCUT2D eigenvalue weighted by atomic mass is 32.1. The lowest BCUT2D eigenvalue weighted by Gasteiger charge is -2.51. The molecule has 2 amide bonds. The van der Waals surface area contributed by atoms with Crippen LogP contribution in [0.25, 0.3) is 21.7 Å². The van der Waals surface area contributed by atoms with Crippen LogP contribution in [0, 0.1) is 12.8 Å². The van der Waals surface area contributed by atoms with Crippen molar-refractivity contribution in [3.05, 3.63) is 83.2 Å². The van der Waals surface area contributed by atoms with Gasteiger partial charge in [0.1, 0.15) is 24.3 Å². The van der Waals surface area contributed by atoms with E-state index in [1.54, 1.807) is 23.5 Å². The normalized spacial score (nSPS) is 22.6. The molecule has 3 saturated heterocycles. The largest absolute Gasteiger partial charge is 0.507 e. The Labute approximate surface area is 384 Å². The number of piperidine rings is 1. The van der Waals surface area contributed by atoms with Gasteiger partial charge in [0, 0.05) is 62.9 Å². The molecule has 2 unspecified atom stereocenters. The summed E-state index contributed by atoms with van der Waals surface area (Å²) in [4.78, 5) is 42.5. The van der Waals surface area contributed by atoms with Crippen molar-refractivity contribution in [2.45, 2.75) is 96.1 Å². The Kier molecular flexibility index (Phi) is 13.1. The summed E-state index contributed by atoms with van der Waals surface area (Å²) in [5.41, 5.74) is 7.20. The zero-order valence-corrected chi connectivity index (χ0v) is 38.6. The number of thiazole rings is 1. The molecule has 0 saturated carbocycles. The van der Waals surface area contributed by atoms with Crippen molar-refractivity contribution in [2.75, 3.05) is 62.6 Å². The topological polar surface area (TPSA) is 186 Å². The van der Waals surface area contributed by atoms with E-state index in [1.165, 1.54) is 4.90 Å². The summed E-state index contributed by atoms with van der Waals surface area (Å²) < 4.78 is 11.8. The third kappa shape index (κ3) is 9.42. The number of ether oxygens (including phenoxy) is 1. The number of carbonyl (C=O) groups is 2. The van der Waals surface area contributed by atoms with Crippen LogP contribution in [0.1, 0.15) is 75.9 Å². The lowest BCUT2D eigenvalue weighted by atomic mass is 9.91. The van der Waals surface area contributed by atoms with Crippen LogP contribution in [0.5, 0.6) is 11.6 Å². The van der Waals surface area contributed by atoms with Crippen LogP contribution in [0.15, 0.2) is 70.7 Å². The first-order valence-electron chi connectivity index (χ1n) is 23.0. The summed E-state index contributed by atoms with van der Waals surface area (Å²) in [6.07, 6.45) is 1.49. The first-order chi connectivity index (χ1) is 31.4. The third-order valence-corrected chi connectivity index (χ3v) is 14.8. The van der Waals surface area contributed by atoms with Crippen molar-refractivity contribution < 1.29 is 29.1 Å². The van der Waals surface area contributed by atoms with E-state index in [9.17, 15) is 19.8 Å². The van der Waals surface area contributed by atoms with Crippen LogP contribution in [0.2, 0.25) is 0 Å². The molecule has 3 aromatic heterocycles. The number of aliphatic hydroxyl groups is 1. The van der Waals surface area contributed by atoms with Gasteiger partial charge in [-0.1, -0.05) is 50.2 Å². The molecule has 17 heteroatoms. The van der Waals surface area contributed by atoms with Gasteiger partial charge in [-0.25, -0.2) is 4.98 Å². The lowest BCUT2D eigenvalue weighted by molar-refractivity contribution is -0.141. The number of piperazine rings is 1. The second kappa shape index (κ2) is 19.1. The van der Waals surface area contributed by atoms with Gasteiger partial charge in [-0.3, -0.25) is 19.4 Å². The Bertz CT molecular complexity index is 2450. The Balaban J connectivity index is 0.748. The number of β-amino-alcohol motifs (C(OH)–C–C–N with tert-alkyl or cyclic N) is 1. The summed E-state index contributed by atoms with van der Waals surface area (Å²) in [5, 5.41) is 41.0. The molecular formula is C48H60N10O6S. The molecule has 7 heterocycles. The molecule has 0 radical (unpaired) electrons. The number of nitrogens with one attached hydrogen (secondary N) is 2. The zero-order chi connectivity index (χ0) is 45.4. The number of anilines is 2. The van der Waals surface area contributed by atoms with Crippen molar-refractivity contribution in [1.82, 2.24) is 40.4 Å². The molecule has 3 fully saturated rings. The van der Waals surface area contributed by atoms with Crippen molar-refractivity contribution >= 4 is 34.7 Å². The maximum atomic E-state index is 14.2. The van der Waals surface area contributed by atoms with Crippen LogP contribution in [-0.4, -0.2) is 140 Å². The minimum Gasteiger partial charge on any atom is -0.507 e. The summed E-state index contributed by atoms with van der Waals surface area (Å²) in [7, 11) is 0. The number of aliphatic hydroxyl groups excluding tert-OH is 1. The van der Waals surface area contributed by atoms with Gasteiger partial charge >= 0.3 is 0 Å². The fourth-order valence-corrected chi connectivity index (χ4v) is 10.9. The molecule has 0 spiro atoms. The number of phenols is 1. The van der Waals surface area contributed by atoms with Gasteiger partial charge in [0.25, 0.3) is 5.88 Å². The number of para-hydroxylation sites is 1. The molecule has 4 N–H and O–H groups in total. The standard InChI is InChI=1S/C48H60N10O6S/c1-28(2)44(48(62)58-25-35(59)22-39(58)47(61)51-29(3)32-10-12-33(13-11-32)45-31(5)49-27-65-45)42-24-43(54-64-42)63-21-20-55-16-14-34(15-17-55)56-18-19-57-38-23-37(36-8-6-7-9-41(36)60)52-53-46(38)50-30(4)40(57)26-56/h6-13,23-24,27-30,34-35,39-40,44,59-60H,14-22,25-26H2,1-5H3,(H,50,53)(H,51,61)/t29-,30?,35+,39-,40?,44+/m0/s1. The van der Waals surface area contributed by atoms with E-state index in [0.717, 1.165) is 85.3 Å². The van der Waals surface area contributed by atoms with Gasteiger partial charge in [-0.05, 0) is 87.1 Å². The van der Waals surface area contributed by atoms with Crippen molar-refractivity contribution in [3.63, 3.8) is 0 Å². The minimum atomic E-state index is -0.820. The highest BCUT2D eigenvalue weighted by Gasteiger charge is 2.44. The van der Waals surface area contributed by atoms with Crippen LogP contribution < -0.4 is 20.3 Å². The number of phenolic OH excluding ortho intramolecular Hbond substituents is 1. The first-order valence-corrected chi connectivity index (χ1v) is 23.8. The Morgan fingerprint density at radius 1 is 1.02 bits per heavy atom. The highest BCUT2D eigenvalue weighted by Crippen LogP contribution is 2.39. The Hall–Kier alpha value is -5.62.